The second kappa shape index (κ2) is 4.91. The number of fused-ring (bicyclic) bond motifs is 5. The average molecular weight is 343 g/mol. The van der Waals surface area contributed by atoms with Gasteiger partial charge in [0.25, 0.3) is 0 Å². The quantitative estimate of drug-likeness (QED) is 0.767. The lowest BCUT2D eigenvalue weighted by molar-refractivity contribution is -0.130. The minimum atomic E-state index is -1.91. The van der Waals surface area contributed by atoms with Crippen LogP contribution in [0.25, 0.3) is 0 Å². The fraction of sp³-hybridized carbons (Fsp3) is 0.611. The van der Waals surface area contributed by atoms with Crippen molar-refractivity contribution in [1.29, 1.82) is 0 Å². The summed E-state index contributed by atoms with van der Waals surface area (Å²) < 4.78 is 2.28. The van der Waals surface area contributed by atoms with E-state index in [1.54, 1.807) is 0 Å². The largest absolute Gasteiger partial charge is 0.364 e. The van der Waals surface area contributed by atoms with Crippen molar-refractivity contribution >= 4 is 19.8 Å². The van der Waals surface area contributed by atoms with Gasteiger partial charge in [-0.05, 0) is 23.6 Å². The van der Waals surface area contributed by atoms with E-state index in [-0.39, 0.29) is 29.1 Å². The van der Waals surface area contributed by atoms with Gasteiger partial charge in [-0.3, -0.25) is 4.79 Å². The molecule has 0 radical (unpaired) electrons. The number of hydrogen-bond donors (Lipinski definition) is 0. The normalized spacial score (nSPS) is 32.0. The highest BCUT2D eigenvalue weighted by Gasteiger charge is 2.65. The number of amides is 1. The van der Waals surface area contributed by atoms with E-state index in [1.165, 1.54) is 0 Å². The number of anilines is 1. The Bertz CT molecular complexity index is 697. The third-order valence-corrected chi connectivity index (χ3v) is 12.0. The zero-order valence-electron chi connectivity index (χ0n) is 15.1. The number of rotatable bonds is 2. The molecular weight excluding hydrogens is 316 g/mol. The molecule has 3 aliphatic rings. The summed E-state index contributed by atoms with van der Waals surface area (Å²) in [6.45, 7) is 11.5. The molecule has 1 saturated carbocycles. The first-order chi connectivity index (χ1) is 11.2. The van der Waals surface area contributed by atoms with E-state index >= 15 is 0 Å². The van der Waals surface area contributed by atoms with Crippen LogP contribution < -0.4 is 5.01 Å². The van der Waals surface area contributed by atoms with E-state index in [1.807, 2.05) is 18.2 Å². The van der Waals surface area contributed by atoms with Gasteiger partial charge in [0.05, 0.1) is 17.6 Å². The van der Waals surface area contributed by atoms with Crippen LogP contribution in [0.15, 0.2) is 40.7 Å². The maximum absolute atomic E-state index is 13.1. The van der Waals surface area contributed by atoms with Crippen LogP contribution in [-0.4, -0.2) is 36.8 Å². The molecule has 0 unspecified atom stereocenters. The fourth-order valence-electron chi connectivity index (χ4n) is 4.34. The molecule has 1 amide bonds. The van der Waals surface area contributed by atoms with E-state index in [4.69, 9.17) is 0 Å². The summed E-state index contributed by atoms with van der Waals surface area (Å²) in [5.74, 6) is 0.341. The number of carbonyl (C=O) groups excluding carboxylic acids is 1. The Morgan fingerprint density at radius 2 is 1.83 bits per heavy atom. The smallest absolute Gasteiger partial charge is 0.220 e. The number of piperidine rings is 1. The maximum Gasteiger partial charge on any atom is 0.220 e. The summed E-state index contributed by atoms with van der Waals surface area (Å²) >= 11 is 0. The molecule has 4 rings (SSSR count). The van der Waals surface area contributed by atoms with Crippen LogP contribution in [0, 0.1) is 5.92 Å². The SMILES string of the molecule is CC(C)(C)[Si](C)(C)N1C(=O)[C@@H]2C[C@H]1[C@@H]1[C@H]2N=NN1c1ccccc1. The van der Waals surface area contributed by atoms with E-state index in [2.05, 4.69) is 65.9 Å². The lowest BCUT2D eigenvalue weighted by Gasteiger charge is -2.50. The Balaban J connectivity index is 1.71. The fourth-order valence-corrected chi connectivity index (χ4v) is 6.87. The first kappa shape index (κ1) is 15.8. The highest BCUT2D eigenvalue weighted by molar-refractivity contribution is 6.79. The van der Waals surface area contributed by atoms with Crippen molar-refractivity contribution in [1.82, 2.24) is 4.57 Å². The van der Waals surface area contributed by atoms with Crippen LogP contribution in [0.2, 0.25) is 18.1 Å². The van der Waals surface area contributed by atoms with Crippen LogP contribution in [0.4, 0.5) is 5.69 Å². The second-order valence-corrected chi connectivity index (χ2v) is 13.9. The number of benzene rings is 1. The second-order valence-electron chi connectivity index (χ2n) is 8.79. The molecule has 24 heavy (non-hydrogen) atoms. The predicted molar refractivity (Wildman–Crippen MR) is 97.3 cm³/mol. The topological polar surface area (TPSA) is 48.3 Å². The molecule has 2 aliphatic heterocycles. The Hall–Kier alpha value is -1.69. The van der Waals surface area contributed by atoms with Gasteiger partial charge in [0, 0.05) is 6.04 Å². The van der Waals surface area contributed by atoms with Gasteiger partial charge < -0.3 is 4.57 Å². The standard InChI is InChI=1S/C18H26N4OSi/c1-18(2,3)24(4,5)22-14-11-13(17(22)23)15-16(14)21(20-19-15)12-9-7-6-8-10-12/h6-10,13-16H,11H2,1-5H3/t13-,14+,15+,16-/m1/s1. The van der Waals surface area contributed by atoms with Gasteiger partial charge in [-0.1, -0.05) is 57.3 Å². The van der Waals surface area contributed by atoms with Gasteiger partial charge in [0.15, 0.2) is 8.24 Å². The highest BCUT2D eigenvalue weighted by atomic mass is 28.3. The van der Waals surface area contributed by atoms with E-state index < -0.39 is 8.24 Å². The Morgan fingerprint density at radius 3 is 2.46 bits per heavy atom. The summed E-state index contributed by atoms with van der Waals surface area (Å²) in [4.78, 5) is 13.1. The summed E-state index contributed by atoms with van der Waals surface area (Å²) in [6.07, 6.45) is 0.934. The van der Waals surface area contributed by atoms with Crippen LogP contribution in [0.3, 0.4) is 0 Å². The molecule has 0 spiro atoms. The molecule has 1 aromatic carbocycles. The van der Waals surface area contributed by atoms with Gasteiger partial charge in [-0.2, -0.15) is 5.11 Å². The van der Waals surface area contributed by atoms with Crippen LogP contribution in [0.5, 0.6) is 0 Å². The molecule has 6 heteroatoms. The molecule has 128 valence electrons. The number of para-hydroxylation sites is 1. The Morgan fingerprint density at radius 1 is 1.17 bits per heavy atom. The number of nitrogens with zero attached hydrogens (tertiary/aromatic N) is 4. The Kier molecular flexibility index (Phi) is 3.23. The third-order valence-electron chi connectivity index (χ3n) is 6.56. The van der Waals surface area contributed by atoms with Gasteiger partial charge in [0.2, 0.25) is 5.91 Å². The molecule has 0 N–H and O–H groups in total. The zero-order valence-corrected chi connectivity index (χ0v) is 16.1. The minimum absolute atomic E-state index is 0.0200. The molecule has 4 atom stereocenters. The van der Waals surface area contributed by atoms with Crippen LogP contribution in [-0.2, 0) is 4.79 Å². The molecule has 1 aliphatic carbocycles. The Labute approximate surface area is 144 Å². The van der Waals surface area contributed by atoms with E-state index in [9.17, 15) is 4.79 Å². The third kappa shape index (κ3) is 1.95. The molecule has 1 aromatic rings. The molecule has 2 bridgehead atoms. The predicted octanol–water partition coefficient (Wildman–Crippen LogP) is 3.85. The van der Waals surface area contributed by atoms with Crippen molar-refractivity contribution in [2.45, 2.75) is 63.4 Å². The van der Waals surface area contributed by atoms with Crippen LogP contribution >= 0.6 is 0 Å². The lowest BCUT2D eigenvalue weighted by atomic mass is 10.00. The molecule has 0 aromatic heterocycles. The van der Waals surface area contributed by atoms with Crippen molar-refractivity contribution in [3.05, 3.63) is 30.3 Å². The van der Waals surface area contributed by atoms with Crippen LogP contribution in [0.1, 0.15) is 27.2 Å². The van der Waals surface area contributed by atoms with Gasteiger partial charge >= 0.3 is 0 Å². The first-order valence-corrected chi connectivity index (χ1v) is 11.8. The molecule has 5 nitrogen and oxygen atoms in total. The van der Waals surface area contributed by atoms with Gasteiger partial charge in [-0.15, -0.1) is 0 Å². The summed E-state index contributed by atoms with van der Waals surface area (Å²) in [6, 6.07) is 10.7. The van der Waals surface area contributed by atoms with Gasteiger partial charge in [-0.25, -0.2) is 5.01 Å². The summed E-state index contributed by atoms with van der Waals surface area (Å²) in [5.41, 5.74) is 1.07. The van der Waals surface area contributed by atoms with Crippen molar-refractivity contribution in [2.24, 2.45) is 16.3 Å². The monoisotopic (exact) mass is 342 g/mol. The first-order valence-electron chi connectivity index (χ1n) is 8.82. The zero-order chi connectivity index (χ0) is 17.3. The maximum atomic E-state index is 13.1. The lowest BCUT2D eigenvalue weighted by Crippen LogP contribution is -2.66. The van der Waals surface area contributed by atoms with Crippen molar-refractivity contribution < 1.29 is 4.79 Å². The van der Waals surface area contributed by atoms with E-state index in [0.29, 0.717) is 5.91 Å². The molecule has 2 fully saturated rings. The molecule has 2 heterocycles. The molecular formula is C18H26N4OSi. The molecule has 1 saturated heterocycles. The highest BCUT2D eigenvalue weighted by Crippen LogP contribution is 2.52. The summed E-state index contributed by atoms with van der Waals surface area (Å²) in [7, 11) is -1.91. The minimum Gasteiger partial charge on any atom is -0.364 e. The summed E-state index contributed by atoms with van der Waals surface area (Å²) in [5, 5.41) is 11.1. The number of carbonyl (C=O) groups is 1. The average Bonchev–Trinajstić information content (AvgIpc) is 3.16. The van der Waals surface area contributed by atoms with Gasteiger partial charge in [0.1, 0.15) is 6.04 Å². The van der Waals surface area contributed by atoms with Crippen molar-refractivity contribution in [2.75, 3.05) is 5.01 Å². The number of hydrogen-bond acceptors (Lipinski definition) is 4. The van der Waals surface area contributed by atoms with E-state index in [0.717, 1.165) is 12.1 Å². The van der Waals surface area contributed by atoms with Crippen molar-refractivity contribution in [3.8, 4) is 0 Å². The van der Waals surface area contributed by atoms with Crippen molar-refractivity contribution in [3.63, 3.8) is 0 Å².